The van der Waals surface area contributed by atoms with Gasteiger partial charge >= 0.3 is 0 Å². The molecule has 1 atom stereocenters. The number of likely N-dealkylation sites (N-methyl/N-ethyl adjacent to an activating group) is 1. The average Bonchev–Trinajstić information content (AvgIpc) is 3.40. The summed E-state index contributed by atoms with van der Waals surface area (Å²) in [5, 5.41) is 11.2. The molecule has 1 amide bonds. The summed E-state index contributed by atoms with van der Waals surface area (Å²) < 4.78 is 0. The summed E-state index contributed by atoms with van der Waals surface area (Å²) in [4.78, 5) is 18.4. The Morgan fingerprint density at radius 3 is 2.71 bits per heavy atom. The van der Waals surface area contributed by atoms with Crippen LogP contribution in [0.15, 0.2) is 42.7 Å². The Kier molecular flexibility index (Phi) is 3.09. The van der Waals surface area contributed by atoms with E-state index in [2.05, 4.69) is 10.3 Å². The molecule has 2 aliphatic rings. The van der Waals surface area contributed by atoms with E-state index in [9.17, 15) is 4.79 Å². The number of nitrogen functional groups attached to an aromatic ring is 1. The molecule has 1 saturated carbocycles. The zero-order valence-corrected chi connectivity index (χ0v) is 13.4. The molecule has 6 nitrogen and oxygen atoms in total. The summed E-state index contributed by atoms with van der Waals surface area (Å²) in [7, 11) is 1.65. The van der Waals surface area contributed by atoms with E-state index in [1.165, 1.54) is 4.90 Å². The van der Waals surface area contributed by atoms with Gasteiger partial charge in [-0.1, -0.05) is 18.2 Å². The van der Waals surface area contributed by atoms with E-state index in [1.54, 1.807) is 19.4 Å². The fourth-order valence-electron chi connectivity index (χ4n) is 3.47. The van der Waals surface area contributed by atoms with Crippen molar-refractivity contribution in [3.8, 4) is 11.1 Å². The maximum atomic E-state index is 12.9. The predicted octanol–water partition coefficient (Wildman–Crippen LogP) is 1.93. The molecule has 2 heterocycles. The SMILES string of the molecule is CN1C(=N)NC(c2cccc(-c3cncc(N)c3)c2)(C2CC2)C1=O. The number of nitrogens with zero attached hydrogens (tertiary/aromatic N) is 2. The van der Waals surface area contributed by atoms with Gasteiger partial charge in [0.2, 0.25) is 0 Å². The summed E-state index contributed by atoms with van der Waals surface area (Å²) in [6, 6.07) is 9.75. The van der Waals surface area contributed by atoms with E-state index < -0.39 is 5.54 Å². The van der Waals surface area contributed by atoms with Crippen LogP contribution in [0.2, 0.25) is 0 Å². The summed E-state index contributed by atoms with van der Waals surface area (Å²) in [5.41, 5.74) is 8.38. The molecule has 1 aromatic carbocycles. The molecule has 1 aromatic heterocycles. The van der Waals surface area contributed by atoms with Crippen molar-refractivity contribution in [1.29, 1.82) is 5.41 Å². The fraction of sp³-hybridized carbons (Fsp3) is 0.278. The molecule has 0 spiro atoms. The van der Waals surface area contributed by atoms with Crippen LogP contribution in [0, 0.1) is 11.3 Å². The van der Waals surface area contributed by atoms with Crippen molar-refractivity contribution in [2.24, 2.45) is 5.92 Å². The summed E-state index contributed by atoms with van der Waals surface area (Å²) in [6.45, 7) is 0. The highest BCUT2D eigenvalue weighted by molar-refractivity contribution is 6.08. The third-order valence-corrected chi connectivity index (χ3v) is 4.89. The lowest BCUT2D eigenvalue weighted by Crippen LogP contribution is -2.46. The third kappa shape index (κ3) is 2.06. The molecular weight excluding hydrogens is 302 g/mol. The van der Waals surface area contributed by atoms with Gasteiger partial charge in [0.15, 0.2) is 5.96 Å². The first kappa shape index (κ1) is 14.7. The van der Waals surface area contributed by atoms with Gasteiger partial charge in [0.1, 0.15) is 5.54 Å². The van der Waals surface area contributed by atoms with Crippen LogP contribution in [-0.4, -0.2) is 28.8 Å². The van der Waals surface area contributed by atoms with Gasteiger partial charge in [-0.05, 0) is 42.0 Å². The van der Waals surface area contributed by atoms with Crippen LogP contribution < -0.4 is 11.1 Å². The summed E-state index contributed by atoms with van der Waals surface area (Å²) >= 11 is 0. The van der Waals surface area contributed by atoms with Crippen molar-refractivity contribution >= 4 is 17.6 Å². The van der Waals surface area contributed by atoms with E-state index in [0.717, 1.165) is 29.5 Å². The molecule has 24 heavy (non-hydrogen) atoms. The molecule has 0 bridgehead atoms. The Hall–Kier alpha value is -2.89. The number of nitrogens with one attached hydrogen (secondary N) is 2. The second-order valence-electron chi connectivity index (χ2n) is 6.51. The topological polar surface area (TPSA) is 95.1 Å². The number of benzene rings is 1. The largest absolute Gasteiger partial charge is 0.397 e. The number of guanidine groups is 1. The van der Waals surface area contributed by atoms with Crippen LogP contribution in [0.5, 0.6) is 0 Å². The van der Waals surface area contributed by atoms with E-state index in [0.29, 0.717) is 5.69 Å². The van der Waals surface area contributed by atoms with E-state index in [4.69, 9.17) is 11.1 Å². The number of nitrogens with two attached hydrogens (primary N) is 1. The monoisotopic (exact) mass is 321 g/mol. The second kappa shape index (κ2) is 5.06. The molecule has 1 saturated heterocycles. The van der Waals surface area contributed by atoms with Crippen molar-refractivity contribution in [2.75, 3.05) is 12.8 Å². The minimum atomic E-state index is -0.824. The van der Waals surface area contributed by atoms with E-state index >= 15 is 0 Å². The number of hydrogen-bond donors (Lipinski definition) is 3. The maximum Gasteiger partial charge on any atom is 0.259 e. The molecule has 122 valence electrons. The lowest BCUT2D eigenvalue weighted by atomic mass is 9.83. The zero-order chi connectivity index (χ0) is 16.9. The van der Waals surface area contributed by atoms with Gasteiger partial charge < -0.3 is 11.1 Å². The Bertz CT molecular complexity index is 845. The van der Waals surface area contributed by atoms with Gasteiger partial charge in [0, 0.05) is 25.0 Å². The number of rotatable bonds is 3. The molecular formula is C18H19N5O. The minimum absolute atomic E-state index is 0.0575. The number of hydrogen-bond acceptors (Lipinski definition) is 4. The first-order valence-electron chi connectivity index (χ1n) is 7.98. The Morgan fingerprint density at radius 1 is 1.29 bits per heavy atom. The molecule has 1 unspecified atom stereocenters. The van der Waals surface area contributed by atoms with Gasteiger partial charge in [-0.2, -0.15) is 0 Å². The summed E-state index contributed by atoms with van der Waals surface area (Å²) in [6.07, 6.45) is 5.35. The number of pyridine rings is 1. The lowest BCUT2D eigenvalue weighted by Gasteiger charge is -2.28. The number of anilines is 1. The van der Waals surface area contributed by atoms with Gasteiger partial charge in [-0.15, -0.1) is 0 Å². The number of carbonyl (C=O) groups excluding carboxylic acids is 1. The van der Waals surface area contributed by atoms with Crippen LogP contribution in [0.25, 0.3) is 11.1 Å². The van der Waals surface area contributed by atoms with Crippen LogP contribution >= 0.6 is 0 Å². The minimum Gasteiger partial charge on any atom is -0.397 e. The summed E-state index contributed by atoms with van der Waals surface area (Å²) in [5.74, 6) is 0.324. The molecule has 2 aromatic rings. The van der Waals surface area contributed by atoms with E-state index in [1.807, 2.05) is 30.3 Å². The highest BCUT2D eigenvalue weighted by Gasteiger charge is 2.58. The van der Waals surface area contributed by atoms with Crippen LogP contribution in [0.4, 0.5) is 5.69 Å². The molecule has 6 heteroatoms. The lowest BCUT2D eigenvalue weighted by molar-refractivity contribution is -0.131. The Labute approximate surface area is 140 Å². The van der Waals surface area contributed by atoms with E-state index in [-0.39, 0.29) is 17.8 Å². The number of amides is 1. The van der Waals surface area contributed by atoms with Crippen molar-refractivity contribution in [2.45, 2.75) is 18.4 Å². The standard InChI is InChI=1S/C18H19N5O/c1-23-16(24)18(13-5-6-13,22-17(23)20)14-4-2-3-11(7-14)12-8-15(19)10-21-9-12/h2-4,7-10,13H,5-6,19H2,1H3,(H2,20,22). The molecule has 0 radical (unpaired) electrons. The van der Waals surface area contributed by atoms with Crippen molar-refractivity contribution < 1.29 is 4.79 Å². The van der Waals surface area contributed by atoms with Gasteiger partial charge in [-0.25, -0.2) is 0 Å². The van der Waals surface area contributed by atoms with Crippen LogP contribution in [-0.2, 0) is 10.3 Å². The highest BCUT2D eigenvalue weighted by Crippen LogP contribution is 2.49. The fourth-order valence-corrected chi connectivity index (χ4v) is 3.47. The predicted molar refractivity (Wildman–Crippen MR) is 92.1 cm³/mol. The van der Waals surface area contributed by atoms with Crippen LogP contribution in [0.3, 0.4) is 0 Å². The second-order valence-corrected chi connectivity index (χ2v) is 6.51. The first-order valence-corrected chi connectivity index (χ1v) is 7.98. The number of aromatic nitrogens is 1. The van der Waals surface area contributed by atoms with Gasteiger partial charge in [0.05, 0.1) is 5.69 Å². The normalized spacial score (nSPS) is 23.5. The van der Waals surface area contributed by atoms with Crippen molar-refractivity contribution in [3.05, 3.63) is 48.3 Å². The quantitative estimate of drug-likeness (QED) is 0.805. The Morgan fingerprint density at radius 2 is 2.08 bits per heavy atom. The first-order chi connectivity index (χ1) is 11.5. The maximum absolute atomic E-state index is 12.9. The molecule has 4 rings (SSSR count). The van der Waals surface area contributed by atoms with Gasteiger partial charge in [0.25, 0.3) is 5.91 Å². The average molecular weight is 321 g/mol. The molecule has 1 aliphatic heterocycles. The molecule has 4 N–H and O–H groups in total. The Balaban J connectivity index is 1.82. The zero-order valence-electron chi connectivity index (χ0n) is 13.4. The highest BCUT2D eigenvalue weighted by atomic mass is 16.2. The van der Waals surface area contributed by atoms with Gasteiger partial charge in [-0.3, -0.25) is 20.1 Å². The van der Waals surface area contributed by atoms with Crippen LogP contribution in [0.1, 0.15) is 18.4 Å². The molecule has 2 fully saturated rings. The smallest absolute Gasteiger partial charge is 0.259 e. The van der Waals surface area contributed by atoms with Crippen molar-refractivity contribution in [1.82, 2.24) is 15.2 Å². The van der Waals surface area contributed by atoms with Crippen molar-refractivity contribution in [3.63, 3.8) is 0 Å². The number of carbonyl (C=O) groups is 1. The third-order valence-electron chi connectivity index (χ3n) is 4.89. The molecule has 1 aliphatic carbocycles.